The molecule has 4 heteroatoms. The highest BCUT2D eigenvalue weighted by molar-refractivity contribution is 5.30. The van der Waals surface area contributed by atoms with Gasteiger partial charge >= 0.3 is 0 Å². The van der Waals surface area contributed by atoms with Crippen molar-refractivity contribution in [3.05, 3.63) is 29.6 Å². The molecule has 0 aromatic heterocycles. The maximum Gasteiger partial charge on any atom is 0.165 e. The number of ether oxygens (including phenoxy) is 1. The van der Waals surface area contributed by atoms with Gasteiger partial charge in [0, 0.05) is 19.1 Å². The molecule has 1 aromatic rings. The minimum atomic E-state index is -0.340. The van der Waals surface area contributed by atoms with Gasteiger partial charge in [0.2, 0.25) is 0 Å². The van der Waals surface area contributed by atoms with Crippen LogP contribution in [-0.2, 0) is 6.54 Å². The summed E-state index contributed by atoms with van der Waals surface area (Å²) in [5.41, 5.74) is 6.45. The molecule has 15 heavy (non-hydrogen) atoms. The fourth-order valence-corrected chi connectivity index (χ4v) is 1.19. The minimum absolute atomic E-state index is 0.251. The molecule has 1 rings (SSSR count). The van der Waals surface area contributed by atoms with Crippen molar-refractivity contribution >= 4 is 0 Å². The first-order valence-electron chi connectivity index (χ1n) is 4.93. The zero-order valence-electron chi connectivity index (χ0n) is 9.09. The minimum Gasteiger partial charge on any atom is -0.494 e. The van der Waals surface area contributed by atoms with E-state index in [0.717, 1.165) is 5.56 Å². The van der Waals surface area contributed by atoms with Gasteiger partial charge < -0.3 is 15.8 Å². The Hall–Kier alpha value is -1.13. The Balaban J connectivity index is 2.62. The van der Waals surface area contributed by atoms with Crippen molar-refractivity contribution in [2.24, 2.45) is 5.73 Å². The smallest absolute Gasteiger partial charge is 0.165 e. The van der Waals surface area contributed by atoms with Gasteiger partial charge in [0.15, 0.2) is 11.6 Å². The number of hydrogen-bond acceptors (Lipinski definition) is 3. The van der Waals surface area contributed by atoms with Gasteiger partial charge in [0.25, 0.3) is 0 Å². The summed E-state index contributed by atoms with van der Waals surface area (Å²) in [7, 11) is 1.46. The second kappa shape index (κ2) is 5.68. The van der Waals surface area contributed by atoms with E-state index in [1.54, 1.807) is 12.1 Å². The Morgan fingerprint density at radius 2 is 2.27 bits per heavy atom. The van der Waals surface area contributed by atoms with Gasteiger partial charge in [0.1, 0.15) is 0 Å². The zero-order chi connectivity index (χ0) is 11.3. The number of rotatable bonds is 5. The Morgan fingerprint density at radius 3 is 2.87 bits per heavy atom. The lowest BCUT2D eigenvalue weighted by Crippen LogP contribution is -2.32. The molecule has 3 nitrogen and oxygen atoms in total. The molecule has 0 aliphatic heterocycles. The van der Waals surface area contributed by atoms with Crippen LogP contribution >= 0.6 is 0 Å². The molecular weight excluding hydrogens is 195 g/mol. The predicted octanol–water partition coefficient (Wildman–Crippen LogP) is 1.27. The van der Waals surface area contributed by atoms with Crippen molar-refractivity contribution in [3.63, 3.8) is 0 Å². The molecule has 84 valence electrons. The van der Waals surface area contributed by atoms with Crippen LogP contribution in [0.5, 0.6) is 5.75 Å². The van der Waals surface area contributed by atoms with E-state index < -0.39 is 0 Å². The normalized spacial score (nSPS) is 12.5. The number of halogens is 1. The van der Waals surface area contributed by atoms with Crippen LogP contribution in [0.25, 0.3) is 0 Å². The summed E-state index contributed by atoms with van der Waals surface area (Å²) in [6.07, 6.45) is 0. The molecule has 0 heterocycles. The van der Waals surface area contributed by atoms with Crippen LogP contribution in [0.2, 0.25) is 0 Å². The molecule has 3 N–H and O–H groups in total. The summed E-state index contributed by atoms with van der Waals surface area (Å²) in [5.74, 6) is -0.0668. The number of benzene rings is 1. The van der Waals surface area contributed by atoms with Gasteiger partial charge in [0.05, 0.1) is 7.11 Å². The van der Waals surface area contributed by atoms with Crippen molar-refractivity contribution in [2.45, 2.75) is 19.5 Å². The first-order valence-corrected chi connectivity index (χ1v) is 4.93. The zero-order valence-corrected chi connectivity index (χ0v) is 9.09. The average Bonchev–Trinajstić information content (AvgIpc) is 2.27. The maximum atomic E-state index is 13.1. The van der Waals surface area contributed by atoms with E-state index >= 15 is 0 Å². The van der Waals surface area contributed by atoms with E-state index in [1.165, 1.54) is 13.2 Å². The lowest BCUT2D eigenvalue weighted by molar-refractivity contribution is 0.385. The molecule has 0 fully saturated rings. The molecule has 0 radical (unpaired) electrons. The molecule has 1 aromatic carbocycles. The second-order valence-electron chi connectivity index (χ2n) is 3.49. The Kier molecular flexibility index (Phi) is 4.52. The topological polar surface area (TPSA) is 47.3 Å². The fraction of sp³-hybridized carbons (Fsp3) is 0.455. The predicted molar refractivity (Wildman–Crippen MR) is 58.3 cm³/mol. The van der Waals surface area contributed by atoms with E-state index in [9.17, 15) is 4.39 Å². The molecule has 0 unspecified atom stereocenters. The lowest BCUT2D eigenvalue weighted by Gasteiger charge is -2.11. The van der Waals surface area contributed by atoms with Crippen molar-refractivity contribution in [1.82, 2.24) is 5.32 Å². The van der Waals surface area contributed by atoms with Crippen LogP contribution in [-0.4, -0.2) is 19.7 Å². The van der Waals surface area contributed by atoms with E-state index in [0.29, 0.717) is 13.1 Å². The van der Waals surface area contributed by atoms with Gasteiger partial charge in [-0.05, 0) is 24.6 Å². The molecule has 0 spiro atoms. The number of methoxy groups -OCH3 is 1. The Morgan fingerprint density at radius 1 is 1.53 bits per heavy atom. The van der Waals surface area contributed by atoms with Crippen molar-refractivity contribution in [2.75, 3.05) is 13.7 Å². The third-order valence-electron chi connectivity index (χ3n) is 2.22. The molecule has 1 atom stereocenters. The van der Waals surface area contributed by atoms with Gasteiger partial charge in [-0.3, -0.25) is 0 Å². The summed E-state index contributed by atoms with van der Waals surface area (Å²) in [6, 6.07) is 5.07. The maximum absolute atomic E-state index is 13.1. The van der Waals surface area contributed by atoms with Crippen molar-refractivity contribution in [3.8, 4) is 5.75 Å². The van der Waals surface area contributed by atoms with Crippen LogP contribution in [0.1, 0.15) is 12.5 Å². The van der Waals surface area contributed by atoms with Gasteiger partial charge in [-0.2, -0.15) is 0 Å². The van der Waals surface area contributed by atoms with E-state index in [1.807, 2.05) is 6.92 Å². The van der Waals surface area contributed by atoms with E-state index in [2.05, 4.69) is 5.32 Å². The molecule has 0 saturated heterocycles. The summed E-state index contributed by atoms with van der Waals surface area (Å²) < 4.78 is 18.0. The summed E-state index contributed by atoms with van der Waals surface area (Å²) in [5, 5.41) is 3.22. The molecule has 0 aliphatic carbocycles. The highest BCUT2D eigenvalue weighted by atomic mass is 19.1. The first kappa shape index (κ1) is 11.9. The number of nitrogens with one attached hydrogen (secondary N) is 1. The number of hydrogen-bond donors (Lipinski definition) is 2. The van der Waals surface area contributed by atoms with E-state index in [4.69, 9.17) is 10.5 Å². The fourth-order valence-electron chi connectivity index (χ4n) is 1.19. The average molecular weight is 212 g/mol. The van der Waals surface area contributed by atoms with Gasteiger partial charge in [-0.15, -0.1) is 0 Å². The monoisotopic (exact) mass is 212 g/mol. The Labute approximate surface area is 89.4 Å². The third-order valence-corrected chi connectivity index (χ3v) is 2.22. The van der Waals surface area contributed by atoms with Crippen molar-refractivity contribution in [1.29, 1.82) is 0 Å². The summed E-state index contributed by atoms with van der Waals surface area (Å²) >= 11 is 0. The first-order chi connectivity index (χ1) is 7.17. The molecular formula is C11H17FN2O. The third kappa shape index (κ3) is 3.49. The SMILES string of the molecule is COc1cc(CN[C@@H](C)CN)ccc1F. The number of nitrogens with two attached hydrogens (primary N) is 1. The highest BCUT2D eigenvalue weighted by Gasteiger charge is 2.04. The summed E-state index contributed by atoms with van der Waals surface area (Å²) in [4.78, 5) is 0. The van der Waals surface area contributed by atoms with E-state index in [-0.39, 0.29) is 17.6 Å². The van der Waals surface area contributed by atoms with Crippen LogP contribution in [0.3, 0.4) is 0 Å². The lowest BCUT2D eigenvalue weighted by atomic mass is 10.2. The van der Waals surface area contributed by atoms with Crippen LogP contribution < -0.4 is 15.8 Å². The van der Waals surface area contributed by atoms with Gasteiger partial charge in [-0.1, -0.05) is 6.07 Å². The quantitative estimate of drug-likeness (QED) is 0.772. The standard InChI is InChI=1S/C11H17FN2O/c1-8(6-13)14-7-9-3-4-10(12)11(5-9)15-2/h3-5,8,14H,6-7,13H2,1-2H3/t8-/m0/s1. The van der Waals surface area contributed by atoms with Gasteiger partial charge in [-0.25, -0.2) is 4.39 Å². The van der Waals surface area contributed by atoms with Crippen molar-refractivity contribution < 1.29 is 9.13 Å². The molecule has 0 saturated carbocycles. The van der Waals surface area contributed by atoms with Crippen LogP contribution in [0.15, 0.2) is 18.2 Å². The molecule has 0 aliphatic rings. The van der Waals surface area contributed by atoms with Crippen LogP contribution in [0, 0.1) is 5.82 Å². The Bertz CT molecular complexity index is 317. The largest absolute Gasteiger partial charge is 0.494 e. The van der Waals surface area contributed by atoms with Crippen LogP contribution in [0.4, 0.5) is 4.39 Å². The summed E-state index contributed by atoms with van der Waals surface area (Å²) in [6.45, 7) is 3.24. The second-order valence-corrected chi connectivity index (χ2v) is 3.49. The molecule has 0 bridgehead atoms. The molecule has 0 amide bonds. The highest BCUT2D eigenvalue weighted by Crippen LogP contribution is 2.17.